The van der Waals surface area contributed by atoms with E-state index in [2.05, 4.69) is 5.32 Å². The van der Waals surface area contributed by atoms with E-state index >= 15 is 0 Å². The van der Waals surface area contributed by atoms with Crippen LogP contribution < -0.4 is 5.32 Å². The molecule has 1 saturated heterocycles. The largest absolute Gasteiger partial charge is 0.352 e. The van der Waals surface area contributed by atoms with E-state index in [1.54, 1.807) is 36.4 Å². The van der Waals surface area contributed by atoms with Crippen molar-refractivity contribution < 1.29 is 13.2 Å². The van der Waals surface area contributed by atoms with Gasteiger partial charge in [0.25, 0.3) is 0 Å². The number of sulfonamides is 1. The first-order chi connectivity index (χ1) is 13.3. The van der Waals surface area contributed by atoms with Gasteiger partial charge in [0.05, 0.1) is 11.7 Å². The van der Waals surface area contributed by atoms with E-state index in [4.69, 9.17) is 23.2 Å². The highest BCUT2D eigenvalue weighted by Gasteiger charge is 2.32. The van der Waals surface area contributed by atoms with Crippen molar-refractivity contribution >= 4 is 39.1 Å². The maximum Gasteiger partial charge on any atom is 0.224 e. The Morgan fingerprint density at radius 2 is 1.82 bits per heavy atom. The molecule has 1 aliphatic heterocycles. The lowest BCUT2D eigenvalue weighted by atomic mass is 9.99. The van der Waals surface area contributed by atoms with Crippen LogP contribution in [0, 0.1) is 5.92 Å². The number of piperidine rings is 1. The van der Waals surface area contributed by atoms with Crippen molar-refractivity contribution in [3.63, 3.8) is 0 Å². The lowest BCUT2D eigenvalue weighted by molar-refractivity contribution is -0.126. The highest BCUT2D eigenvalue weighted by atomic mass is 35.5. The molecule has 1 aliphatic rings. The maximum absolute atomic E-state index is 12.8. The molecular formula is C20H22Cl2N2O3S. The second kappa shape index (κ2) is 9.27. The molecule has 0 aliphatic carbocycles. The molecule has 2 aromatic carbocycles. The topological polar surface area (TPSA) is 66.5 Å². The van der Waals surface area contributed by atoms with Gasteiger partial charge in [-0.15, -0.1) is 0 Å². The minimum atomic E-state index is -3.51. The molecule has 8 heteroatoms. The van der Waals surface area contributed by atoms with Crippen molar-refractivity contribution in [3.8, 4) is 0 Å². The molecule has 0 aromatic heterocycles. The van der Waals surface area contributed by atoms with E-state index in [9.17, 15) is 13.2 Å². The summed E-state index contributed by atoms with van der Waals surface area (Å²) in [5.41, 5.74) is 1.58. The van der Waals surface area contributed by atoms with Gasteiger partial charge in [0.2, 0.25) is 15.9 Å². The highest BCUT2D eigenvalue weighted by molar-refractivity contribution is 7.88. The first-order valence-corrected chi connectivity index (χ1v) is 11.4. The number of amides is 1. The van der Waals surface area contributed by atoms with Crippen LogP contribution in [0.25, 0.3) is 0 Å². The molecule has 2 aromatic rings. The van der Waals surface area contributed by atoms with Crippen molar-refractivity contribution in [3.05, 3.63) is 69.7 Å². The van der Waals surface area contributed by atoms with E-state index < -0.39 is 10.0 Å². The third-order valence-corrected chi connectivity index (χ3v) is 7.07. The molecule has 28 heavy (non-hydrogen) atoms. The Morgan fingerprint density at radius 1 is 1.07 bits per heavy atom. The second-order valence-electron chi connectivity index (χ2n) is 6.93. The summed E-state index contributed by atoms with van der Waals surface area (Å²) in [6, 6.07) is 14.1. The Bertz CT molecular complexity index is 933. The van der Waals surface area contributed by atoms with Crippen LogP contribution in [0.5, 0.6) is 0 Å². The molecule has 0 bridgehead atoms. The monoisotopic (exact) mass is 440 g/mol. The highest BCUT2D eigenvalue weighted by Crippen LogP contribution is 2.23. The number of hydrogen-bond donors (Lipinski definition) is 1. The Balaban J connectivity index is 1.59. The number of carbonyl (C=O) groups excluding carboxylic acids is 1. The smallest absolute Gasteiger partial charge is 0.224 e. The molecule has 1 unspecified atom stereocenters. The summed E-state index contributed by atoms with van der Waals surface area (Å²) < 4.78 is 27.0. The van der Waals surface area contributed by atoms with Gasteiger partial charge in [0.1, 0.15) is 0 Å². The number of nitrogens with zero attached hydrogens (tertiary/aromatic N) is 1. The number of hydrogen-bond acceptors (Lipinski definition) is 3. The van der Waals surface area contributed by atoms with E-state index in [0.29, 0.717) is 41.5 Å². The van der Waals surface area contributed by atoms with Crippen LogP contribution in [0.2, 0.25) is 10.0 Å². The summed E-state index contributed by atoms with van der Waals surface area (Å²) in [5, 5.41) is 4.04. The van der Waals surface area contributed by atoms with Crippen LogP contribution in [0.15, 0.2) is 48.5 Å². The first kappa shape index (κ1) is 21.1. The fourth-order valence-electron chi connectivity index (χ4n) is 3.27. The number of nitrogens with one attached hydrogen (secondary N) is 1. The van der Waals surface area contributed by atoms with Crippen molar-refractivity contribution in [2.75, 3.05) is 13.1 Å². The normalized spacial score (nSPS) is 18.0. The van der Waals surface area contributed by atoms with E-state index in [0.717, 1.165) is 5.56 Å². The van der Waals surface area contributed by atoms with Gasteiger partial charge in [-0.3, -0.25) is 4.79 Å². The third kappa shape index (κ3) is 5.70. The minimum absolute atomic E-state index is 0.118. The molecule has 3 rings (SSSR count). The van der Waals surface area contributed by atoms with Crippen LogP contribution >= 0.6 is 23.2 Å². The summed E-state index contributed by atoms with van der Waals surface area (Å²) >= 11 is 11.8. The molecular weight excluding hydrogens is 419 g/mol. The quantitative estimate of drug-likeness (QED) is 0.741. The predicted octanol–water partition coefficient (Wildman–Crippen LogP) is 3.85. The fourth-order valence-corrected chi connectivity index (χ4v) is 5.21. The molecule has 1 heterocycles. The van der Waals surface area contributed by atoms with Crippen molar-refractivity contribution in [2.45, 2.75) is 25.1 Å². The molecule has 1 amide bonds. The van der Waals surface area contributed by atoms with Gasteiger partial charge in [-0.1, -0.05) is 47.5 Å². The Labute approximate surface area is 175 Å². The molecule has 150 valence electrons. The van der Waals surface area contributed by atoms with E-state index in [-0.39, 0.29) is 24.1 Å². The fraction of sp³-hybridized carbons (Fsp3) is 0.350. The first-order valence-electron chi connectivity index (χ1n) is 9.08. The SMILES string of the molecule is O=C(NCc1ccc(Cl)cc1)C1CCCN(S(=O)(=O)Cc2cccc(Cl)c2)C1. The Hall–Kier alpha value is -1.60. The van der Waals surface area contributed by atoms with E-state index in [1.807, 2.05) is 12.1 Å². The van der Waals surface area contributed by atoms with Gasteiger partial charge in [-0.05, 0) is 48.2 Å². The zero-order valence-corrected chi connectivity index (χ0v) is 17.6. The molecule has 1 atom stereocenters. The summed E-state index contributed by atoms with van der Waals surface area (Å²) in [6.07, 6.45) is 1.34. The summed E-state index contributed by atoms with van der Waals surface area (Å²) in [7, 11) is -3.51. The zero-order valence-electron chi connectivity index (χ0n) is 15.3. The van der Waals surface area contributed by atoms with Crippen LogP contribution in [-0.2, 0) is 27.1 Å². The number of halogens is 2. The summed E-state index contributed by atoms with van der Waals surface area (Å²) in [6.45, 7) is 1.03. The van der Waals surface area contributed by atoms with Gasteiger partial charge < -0.3 is 5.32 Å². The molecule has 0 spiro atoms. The predicted molar refractivity (Wildman–Crippen MR) is 112 cm³/mol. The maximum atomic E-state index is 12.8. The average molecular weight is 441 g/mol. The van der Waals surface area contributed by atoms with Crippen LogP contribution in [0.3, 0.4) is 0 Å². The van der Waals surface area contributed by atoms with Crippen molar-refractivity contribution in [1.29, 1.82) is 0 Å². The standard InChI is InChI=1S/C20H22Cl2N2O3S/c21-18-8-6-15(7-9-18)12-23-20(25)17-4-2-10-24(13-17)28(26,27)14-16-3-1-5-19(22)11-16/h1,3,5-9,11,17H,2,4,10,12-14H2,(H,23,25). The summed E-state index contributed by atoms with van der Waals surface area (Å²) in [4.78, 5) is 12.5. The van der Waals surface area contributed by atoms with E-state index in [1.165, 1.54) is 4.31 Å². The number of benzene rings is 2. The zero-order chi connectivity index (χ0) is 20.1. The van der Waals surface area contributed by atoms with Gasteiger partial charge >= 0.3 is 0 Å². The third-order valence-electron chi connectivity index (χ3n) is 4.77. The molecule has 1 N–H and O–H groups in total. The summed E-state index contributed by atoms with van der Waals surface area (Å²) in [5.74, 6) is -0.597. The molecule has 5 nitrogen and oxygen atoms in total. The lowest BCUT2D eigenvalue weighted by Gasteiger charge is -2.31. The van der Waals surface area contributed by atoms with Gasteiger partial charge in [0.15, 0.2) is 0 Å². The van der Waals surface area contributed by atoms with Crippen molar-refractivity contribution in [1.82, 2.24) is 9.62 Å². The second-order valence-corrected chi connectivity index (χ2v) is 9.77. The number of rotatable bonds is 6. The van der Waals surface area contributed by atoms with Crippen LogP contribution in [-0.4, -0.2) is 31.7 Å². The molecule has 1 fully saturated rings. The van der Waals surface area contributed by atoms with Gasteiger partial charge in [-0.25, -0.2) is 12.7 Å². The number of carbonyl (C=O) groups is 1. The lowest BCUT2D eigenvalue weighted by Crippen LogP contribution is -2.45. The van der Waals surface area contributed by atoms with Crippen molar-refractivity contribution in [2.24, 2.45) is 5.92 Å². The van der Waals surface area contributed by atoms with Crippen LogP contribution in [0.1, 0.15) is 24.0 Å². The van der Waals surface area contributed by atoms with Crippen LogP contribution in [0.4, 0.5) is 0 Å². The Kier molecular flexibility index (Phi) is 6.99. The molecule has 0 radical (unpaired) electrons. The molecule has 0 saturated carbocycles. The van der Waals surface area contributed by atoms with Gasteiger partial charge in [-0.2, -0.15) is 0 Å². The Morgan fingerprint density at radius 3 is 2.54 bits per heavy atom. The van der Waals surface area contributed by atoms with Gasteiger partial charge in [0, 0.05) is 29.7 Å². The average Bonchev–Trinajstić information content (AvgIpc) is 2.67. The minimum Gasteiger partial charge on any atom is -0.352 e.